The number of aliphatic imine (C=N–C) groups is 1. The molecular weight excluding hydrogens is 270 g/mol. The van der Waals surface area contributed by atoms with E-state index >= 15 is 0 Å². The van der Waals surface area contributed by atoms with Crippen LogP contribution in [0.25, 0.3) is 0 Å². The molecule has 0 aromatic carbocycles. The second-order valence-corrected chi connectivity index (χ2v) is 4.36. The van der Waals surface area contributed by atoms with Gasteiger partial charge in [0.15, 0.2) is 5.96 Å². The number of aromatic nitrogens is 1. The van der Waals surface area contributed by atoms with E-state index in [0.717, 1.165) is 24.9 Å². The third kappa shape index (κ3) is 2.54. The Balaban J connectivity index is 0.000000452. The number of aromatic carboxylic acids is 1. The number of fused-ring (bicyclic) bond motifs is 3. The molecule has 3 N–H and O–H groups in total. The predicted molar refractivity (Wildman–Crippen MR) is 68.2 cm³/mol. The van der Waals surface area contributed by atoms with Gasteiger partial charge in [0, 0.05) is 12.1 Å². The Bertz CT molecular complexity index is 550. The first-order chi connectivity index (χ1) is 9.58. The molecule has 20 heavy (non-hydrogen) atoms. The van der Waals surface area contributed by atoms with E-state index < -0.39 is 12.9 Å². The number of nitrogens with zero attached hydrogens (tertiary/aromatic N) is 3. The SMILES string of the molecule is FCF.NC1=Nc2cnc(C(=O)O)cc2C2CCCN12. The van der Waals surface area contributed by atoms with Crippen LogP contribution in [0.4, 0.5) is 14.5 Å². The summed E-state index contributed by atoms with van der Waals surface area (Å²) in [7, 11) is 0. The molecule has 1 fully saturated rings. The molecule has 3 heterocycles. The molecule has 1 unspecified atom stereocenters. The van der Waals surface area contributed by atoms with Crippen LogP contribution in [0.15, 0.2) is 17.3 Å². The molecule has 3 rings (SSSR count). The molecule has 0 bridgehead atoms. The second-order valence-electron chi connectivity index (χ2n) is 4.36. The average Bonchev–Trinajstić information content (AvgIpc) is 2.89. The molecule has 108 valence electrons. The van der Waals surface area contributed by atoms with Gasteiger partial charge in [-0.1, -0.05) is 0 Å². The quantitative estimate of drug-likeness (QED) is 0.819. The fraction of sp³-hybridized carbons (Fsp3) is 0.417. The highest BCUT2D eigenvalue weighted by atomic mass is 19.3. The molecule has 1 saturated heterocycles. The average molecular weight is 284 g/mol. The van der Waals surface area contributed by atoms with E-state index in [1.807, 2.05) is 4.90 Å². The Morgan fingerprint density at radius 1 is 1.55 bits per heavy atom. The first-order valence-electron chi connectivity index (χ1n) is 6.04. The fourth-order valence-corrected chi connectivity index (χ4v) is 2.49. The molecule has 1 atom stereocenters. The molecule has 0 aliphatic carbocycles. The standard InChI is InChI=1S/C11H12N4O2.CH2F2/c12-11-14-8-5-13-7(10(16)17)4-6(8)9-2-1-3-15(9)11;2-1-3/h4-5,9H,1-3H2,(H2,12,14)(H,16,17);1H2. The van der Waals surface area contributed by atoms with E-state index in [0.29, 0.717) is 11.6 Å². The highest BCUT2D eigenvalue weighted by Gasteiger charge is 2.33. The summed E-state index contributed by atoms with van der Waals surface area (Å²) in [5, 5.41) is 8.94. The number of rotatable bonds is 1. The molecule has 2 aliphatic rings. The minimum Gasteiger partial charge on any atom is -0.477 e. The lowest BCUT2D eigenvalue weighted by Gasteiger charge is -2.30. The minimum atomic E-state index is -1.75. The van der Waals surface area contributed by atoms with Gasteiger partial charge in [-0.25, -0.2) is 23.6 Å². The maximum atomic E-state index is 10.9. The highest BCUT2D eigenvalue weighted by Crippen LogP contribution is 2.40. The van der Waals surface area contributed by atoms with Gasteiger partial charge in [0.25, 0.3) is 0 Å². The summed E-state index contributed by atoms with van der Waals surface area (Å²) in [5.41, 5.74) is 7.54. The van der Waals surface area contributed by atoms with Gasteiger partial charge < -0.3 is 15.7 Å². The highest BCUT2D eigenvalue weighted by molar-refractivity contribution is 5.88. The lowest BCUT2D eigenvalue weighted by Crippen LogP contribution is -2.38. The third-order valence-corrected chi connectivity index (χ3v) is 3.27. The molecule has 0 saturated carbocycles. The third-order valence-electron chi connectivity index (χ3n) is 3.27. The Morgan fingerprint density at radius 3 is 2.90 bits per heavy atom. The van der Waals surface area contributed by atoms with Crippen molar-refractivity contribution in [1.82, 2.24) is 9.88 Å². The number of carbonyl (C=O) groups is 1. The lowest BCUT2D eigenvalue weighted by atomic mass is 10.0. The van der Waals surface area contributed by atoms with Gasteiger partial charge in [0.1, 0.15) is 5.69 Å². The molecule has 8 heteroatoms. The van der Waals surface area contributed by atoms with Crippen LogP contribution in [0.2, 0.25) is 0 Å². The Labute approximate surface area is 113 Å². The van der Waals surface area contributed by atoms with Crippen LogP contribution in [0.1, 0.15) is 34.9 Å². The Morgan fingerprint density at radius 2 is 2.25 bits per heavy atom. The summed E-state index contributed by atoms with van der Waals surface area (Å²) >= 11 is 0. The van der Waals surface area contributed by atoms with Crippen molar-refractivity contribution in [2.75, 3.05) is 13.5 Å². The van der Waals surface area contributed by atoms with Crippen molar-refractivity contribution < 1.29 is 18.7 Å². The number of nitrogens with two attached hydrogens (primary N) is 1. The Hall–Kier alpha value is -2.25. The summed E-state index contributed by atoms with van der Waals surface area (Å²) in [6.45, 7) is -0.871. The van der Waals surface area contributed by atoms with Crippen LogP contribution in [-0.2, 0) is 0 Å². The van der Waals surface area contributed by atoms with Crippen molar-refractivity contribution in [2.24, 2.45) is 10.7 Å². The van der Waals surface area contributed by atoms with E-state index in [2.05, 4.69) is 9.98 Å². The predicted octanol–water partition coefficient (Wildman–Crippen LogP) is 1.76. The molecule has 0 amide bonds. The number of pyridine rings is 1. The minimum absolute atomic E-state index is 0.0614. The van der Waals surface area contributed by atoms with Gasteiger partial charge in [-0.2, -0.15) is 0 Å². The molecule has 0 radical (unpaired) electrons. The number of halogens is 2. The van der Waals surface area contributed by atoms with Crippen LogP contribution in [0, 0.1) is 0 Å². The zero-order chi connectivity index (χ0) is 14.7. The maximum absolute atomic E-state index is 10.9. The first-order valence-corrected chi connectivity index (χ1v) is 6.04. The van der Waals surface area contributed by atoms with Crippen LogP contribution in [-0.4, -0.2) is 40.4 Å². The van der Waals surface area contributed by atoms with Gasteiger partial charge in [-0.05, 0) is 18.9 Å². The molecule has 1 aromatic rings. The van der Waals surface area contributed by atoms with E-state index in [9.17, 15) is 13.6 Å². The number of hydrogen-bond acceptors (Lipinski definition) is 5. The molecule has 6 nitrogen and oxygen atoms in total. The molecule has 1 aromatic heterocycles. The zero-order valence-electron chi connectivity index (χ0n) is 10.6. The van der Waals surface area contributed by atoms with Crippen LogP contribution in [0.5, 0.6) is 0 Å². The normalized spacial score (nSPS) is 19.4. The maximum Gasteiger partial charge on any atom is 0.354 e. The van der Waals surface area contributed by atoms with Gasteiger partial charge in [-0.3, -0.25) is 0 Å². The van der Waals surface area contributed by atoms with Crippen molar-refractivity contribution >= 4 is 17.6 Å². The summed E-state index contributed by atoms with van der Waals surface area (Å²) < 4.78 is 19.2. The van der Waals surface area contributed by atoms with E-state index in [1.54, 1.807) is 6.07 Å². The van der Waals surface area contributed by atoms with Gasteiger partial charge >= 0.3 is 5.97 Å². The lowest BCUT2D eigenvalue weighted by molar-refractivity contribution is 0.0690. The summed E-state index contributed by atoms with van der Waals surface area (Å²) in [4.78, 5) is 21.0. The zero-order valence-corrected chi connectivity index (χ0v) is 10.6. The van der Waals surface area contributed by atoms with Crippen molar-refractivity contribution in [3.05, 3.63) is 23.5 Å². The number of alkyl halides is 2. The number of carboxylic acids is 1. The van der Waals surface area contributed by atoms with Gasteiger partial charge in [-0.15, -0.1) is 0 Å². The van der Waals surface area contributed by atoms with Crippen molar-refractivity contribution in [2.45, 2.75) is 18.9 Å². The van der Waals surface area contributed by atoms with Gasteiger partial charge in [0.2, 0.25) is 6.93 Å². The van der Waals surface area contributed by atoms with E-state index in [-0.39, 0.29) is 11.7 Å². The summed E-state index contributed by atoms with van der Waals surface area (Å²) in [5.74, 6) is -0.509. The smallest absolute Gasteiger partial charge is 0.354 e. The van der Waals surface area contributed by atoms with Crippen molar-refractivity contribution in [1.29, 1.82) is 0 Å². The number of guanidine groups is 1. The number of carboxylic acid groups (broad SMARTS) is 1. The van der Waals surface area contributed by atoms with Crippen LogP contribution < -0.4 is 5.73 Å². The van der Waals surface area contributed by atoms with Crippen molar-refractivity contribution in [3.8, 4) is 0 Å². The largest absolute Gasteiger partial charge is 0.477 e. The fourth-order valence-electron chi connectivity index (χ4n) is 2.49. The van der Waals surface area contributed by atoms with Crippen molar-refractivity contribution in [3.63, 3.8) is 0 Å². The molecule has 0 spiro atoms. The first kappa shape index (κ1) is 14.2. The Kier molecular flexibility index (Phi) is 4.11. The molecular formula is C12H14F2N4O2. The van der Waals surface area contributed by atoms with Crippen LogP contribution >= 0.6 is 0 Å². The topological polar surface area (TPSA) is 91.8 Å². The summed E-state index contributed by atoms with van der Waals surface area (Å²) in [6.07, 6.45) is 3.51. The number of hydrogen-bond donors (Lipinski definition) is 2. The second kappa shape index (κ2) is 5.81. The molecule has 2 aliphatic heterocycles. The van der Waals surface area contributed by atoms with E-state index in [4.69, 9.17) is 10.8 Å². The van der Waals surface area contributed by atoms with Gasteiger partial charge in [0.05, 0.1) is 17.9 Å². The summed E-state index contributed by atoms with van der Waals surface area (Å²) in [6, 6.07) is 1.76. The monoisotopic (exact) mass is 284 g/mol. The van der Waals surface area contributed by atoms with E-state index in [1.165, 1.54) is 6.20 Å². The van der Waals surface area contributed by atoms with Crippen LogP contribution in [0.3, 0.4) is 0 Å².